The highest BCUT2D eigenvalue weighted by Gasteiger charge is 2.33. The largest absolute Gasteiger partial charge is 0.464 e. The monoisotopic (exact) mass is 288 g/mol. The van der Waals surface area contributed by atoms with Crippen LogP contribution in [-0.4, -0.2) is 54.5 Å². The number of methoxy groups -OCH3 is 1. The molecule has 0 saturated carbocycles. The Morgan fingerprint density at radius 1 is 1.58 bits per heavy atom. The Hall–Kier alpha value is -1.48. The zero-order valence-electron chi connectivity index (χ0n) is 10.6. The molecule has 2 N–H and O–H groups in total. The lowest BCUT2D eigenvalue weighted by Gasteiger charge is -2.11. The van der Waals surface area contributed by atoms with Crippen molar-refractivity contribution in [1.29, 1.82) is 0 Å². The van der Waals surface area contributed by atoms with Crippen LogP contribution in [0.25, 0.3) is 0 Å². The lowest BCUT2D eigenvalue weighted by Crippen LogP contribution is -2.19. The predicted octanol–water partition coefficient (Wildman–Crippen LogP) is -1.07. The molecule has 1 aromatic rings. The highest BCUT2D eigenvalue weighted by Crippen LogP contribution is 2.25. The zero-order valence-corrected chi connectivity index (χ0v) is 11.4. The van der Waals surface area contributed by atoms with Crippen LogP contribution in [0.3, 0.4) is 0 Å². The first-order valence-electron chi connectivity index (χ1n) is 5.91. The van der Waals surface area contributed by atoms with Crippen molar-refractivity contribution in [2.75, 3.05) is 25.2 Å². The van der Waals surface area contributed by atoms with Gasteiger partial charge in [-0.2, -0.15) is 0 Å². The smallest absolute Gasteiger partial charge is 0.360 e. The molecule has 0 aliphatic carbocycles. The third-order valence-electron chi connectivity index (χ3n) is 3.11. The normalized spacial score (nSPS) is 21.5. The summed E-state index contributed by atoms with van der Waals surface area (Å²) in [6.45, 7) is 0.316. The molecular weight excluding hydrogens is 272 g/mol. The van der Waals surface area contributed by atoms with Crippen LogP contribution in [0, 0.1) is 0 Å². The van der Waals surface area contributed by atoms with Crippen LogP contribution in [0.1, 0.15) is 28.6 Å². The van der Waals surface area contributed by atoms with Gasteiger partial charge in [-0.1, -0.05) is 5.21 Å². The number of nitrogens with two attached hydrogens (primary N) is 1. The molecule has 1 unspecified atom stereocenters. The minimum Gasteiger partial charge on any atom is -0.464 e. The van der Waals surface area contributed by atoms with Gasteiger partial charge in [0, 0.05) is 6.42 Å². The Morgan fingerprint density at radius 2 is 2.32 bits per heavy atom. The second-order valence-electron chi connectivity index (χ2n) is 4.42. The lowest BCUT2D eigenvalue weighted by molar-refractivity contribution is 0.0592. The molecule has 1 fully saturated rings. The minimum atomic E-state index is -3.03. The van der Waals surface area contributed by atoms with Crippen molar-refractivity contribution >= 4 is 15.8 Å². The van der Waals surface area contributed by atoms with E-state index in [9.17, 15) is 13.2 Å². The van der Waals surface area contributed by atoms with Crippen LogP contribution in [0.15, 0.2) is 0 Å². The van der Waals surface area contributed by atoms with Crippen LogP contribution >= 0.6 is 0 Å². The summed E-state index contributed by atoms with van der Waals surface area (Å²) in [5.41, 5.74) is 6.16. The summed E-state index contributed by atoms with van der Waals surface area (Å²) in [4.78, 5) is 11.6. The molecule has 1 saturated heterocycles. The van der Waals surface area contributed by atoms with Gasteiger partial charge in [-0.15, -0.1) is 5.10 Å². The van der Waals surface area contributed by atoms with Gasteiger partial charge < -0.3 is 10.5 Å². The van der Waals surface area contributed by atoms with Gasteiger partial charge in [0.25, 0.3) is 0 Å². The molecule has 1 aromatic heterocycles. The van der Waals surface area contributed by atoms with Crippen molar-refractivity contribution in [2.45, 2.75) is 18.9 Å². The molecule has 0 aromatic carbocycles. The van der Waals surface area contributed by atoms with E-state index in [1.165, 1.54) is 11.8 Å². The average Bonchev–Trinajstić information content (AvgIpc) is 2.92. The Bertz CT molecular complexity index is 580. The number of nitrogens with zero attached hydrogens (tertiary/aromatic N) is 3. The number of sulfone groups is 1. The molecular formula is C10H16N4O4S. The minimum absolute atomic E-state index is 0.0224. The van der Waals surface area contributed by atoms with E-state index in [0.717, 1.165) is 0 Å². The second kappa shape index (κ2) is 5.25. The molecule has 1 atom stereocenters. The summed E-state index contributed by atoms with van der Waals surface area (Å²) in [6.07, 6.45) is 0.873. The van der Waals surface area contributed by atoms with Crippen LogP contribution in [0.2, 0.25) is 0 Å². The SMILES string of the molecule is COC(=O)c1nnn(C2CCS(=O)(=O)C2)c1CCN. The third-order valence-corrected chi connectivity index (χ3v) is 4.86. The highest BCUT2D eigenvalue weighted by atomic mass is 32.2. The van der Waals surface area contributed by atoms with E-state index in [-0.39, 0.29) is 23.2 Å². The summed E-state index contributed by atoms with van der Waals surface area (Å²) in [7, 11) is -1.77. The number of ether oxygens (including phenoxy) is 1. The molecule has 0 radical (unpaired) electrons. The molecule has 1 aliphatic heterocycles. The molecule has 2 heterocycles. The summed E-state index contributed by atoms with van der Waals surface area (Å²) >= 11 is 0. The first-order chi connectivity index (χ1) is 8.98. The van der Waals surface area contributed by atoms with Gasteiger partial charge in [0.05, 0.1) is 30.4 Å². The van der Waals surface area contributed by atoms with Gasteiger partial charge in [0.1, 0.15) is 0 Å². The van der Waals surface area contributed by atoms with E-state index in [1.807, 2.05) is 0 Å². The number of carbonyl (C=O) groups is 1. The van der Waals surface area contributed by atoms with Crippen molar-refractivity contribution in [1.82, 2.24) is 15.0 Å². The van der Waals surface area contributed by atoms with E-state index in [2.05, 4.69) is 15.0 Å². The molecule has 19 heavy (non-hydrogen) atoms. The van der Waals surface area contributed by atoms with Gasteiger partial charge in [0.15, 0.2) is 15.5 Å². The van der Waals surface area contributed by atoms with Gasteiger partial charge in [-0.25, -0.2) is 17.9 Å². The van der Waals surface area contributed by atoms with Crippen molar-refractivity contribution in [3.8, 4) is 0 Å². The first kappa shape index (κ1) is 13.9. The molecule has 9 heteroatoms. The first-order valence-corrected chi connectivity index (χ1v) is 7.73. The molecule has 1 aliphatic rings. The molecule has 8 nitrogen and oxygen atoms in total. The van der Waals surface area contributed by atoms with Crippen LogP contribution in [0.4, 0.5) is 0 Å². The Labute approximate surface area is 110 Å². The maximum atomic E-state index is 11.6. The Kier molecular flexibility index (Phi) is 3.85. The van der Waals surface area contributed by atoms with E-state index in [4.69, 9.17) is 5.73 Å². The molecule has 0 spiro atoms. The molecule has 0 bridgehead atoms. The summed E-state index contributed by atoms with van der Waals surface area (Å²) in [6, 6.07) is -0.280. The fraction of sp³-hybridized carbons (Fsp3) is 0.700. The van der Waals surface area contributed by atoms with Crippen molar-refractivity contribution < 1.29 is 17.9 Å². The predicted molar refractivity (Wildman–Crippen MR) is 66.4 cm³/mol. The van der Waals surface area contributed by atoms with Crippen molar-refractivity contribution in [3.63, 3.8) is 0 Å². The Balaban J connectivity index is 2.36. The maximum Gasteiger partial charge on any atom is 0.360 e. The molecule has 106 valence electrons. The fourth-order valence-electron chi connectivity index (χ4n) is 2.20. The zero-order chi connectivity index (χ0) is 14.0. The van der Waals surface area contributed by atoms with E-state index in [1.54, 1.807) is 0 Å². The number of carbonyl (C=O) groups excluding carboxylic acids is 1. The maximum absolute atomic E-state index is 11.6. The number of hydrogen-bond acceptors (Lipinski definition) is 7. The quantitative estimate of drug-likeness (QED) is 0.700. The topological polar surface area (TPSA) is 117 Å². The van der Waals surface area contributed by atoms with Crippen LogP contribution in [0.5, 0.6) is 0 Å². The standard InChI is InChI=1S/C10H16N4O4S/c1-18-10(15)9-8(2-4-11)14(13-12-9)7-3-5-19(16,17)6-7/h7H,2-6,11H2,1H3. The van der Waals surface area contributed by atoms with E-state index >= 15 is 0 Å². The van der Waals surface area contributed by atoms with Crippen LogP contribution in [-0.2, 0) is 21.0 Å². The summed E-state index contributed by atoms with van der Waals surface area (Å²) in [5, 5.41) is 7.68. The average molecular weight is 288 g/mol. The van der Waals surface area contributed by atoms with Gasteiger partial charge in [-0.3, -0.25) is 0 Å². The number of esters is 1. The Morgan fingerprint density at radius 3 is 2.84 bits per heavy atom. The van der Waals surface area contributed by atoms with Gasteiger partial charge >= 0.3 is 5.97 Å². The van der Waals surface area contributed by atoms with E-state index in [0.29, 0.717) is 25.1 Å². The lowest BCUT2D eigenvalue weighted by atomic mass is 10.2. The second-order valence-corrected chi connectivity index (χ2v) is 6.65. The summed E-state index contributed by atoms with van der Waals surface area (Å²) < 4.78 is 29.1. The number of hydrogen-bond donors (Lipinski definition) is 1. The van der Waals surface area contributed by atoms with Crippen LogP contribution < -0.4 is 5.73 Å². The molecule has 0 amide bonds. The van der Waals surface area contributed by atoms with Gasteiger partial charge in [0.2, 0.25) is 0 Å². The third kappa shape index (κ3) is 2.76. The summed E-state index contributed by atoms with van der Waals surface area (Å²) in [5.74, 6) is -0.433. The highest BCUT2D eigenvalue weighted by molar-refractivity contribution is 7.91. The number of rotatable bonds is 4. The van der Waals surface area contributed by atoms with Gasteiger partial charge in [-0.05, 0) is 13.0 Å². The fourth-order valence-corrected chi connectivity index (χ4v) is 3.89. The number of aromatic nitrogens is 3. The van der Waals surface area contributed by atoms with E-state index < -0.39 is 15.8 Å². The van der Waals surface area contributed by atoms with Crippen molar-refractivity contribution in [3.05, 3.63) is 11.4 Å². The van der Waals surface area contributed by atoms with Crippen molar-refractivity contribution in [2.24, 2.45) is 5.73 Å². The molecule has 2 rings (SSSR count).